The molecular weight excluding hydrogens is 306 g/mol. The predicted octanol–water partition coefficient (Wildman–Crippen LogP) is 3.12. The summed E-state index contributed by atoms with van der Waals surface area (Å²) in [4.78, 5) is 35.8. The predicted molar refractivity (Wildman–Crippen MR) is 89.2 cm³/mol. The Labute approximate surface area is 137 Å². The van der Waals surface area contributed by atoms with Crippen molar-refractivity contribution in [1.29, 1.82) is 0 Å². The Kier molecular flexibility index (Phi) is 4.34. The second-order valence-electron chi connectivity index (χ2n) is 5.04. The van der Waals surface area contributed by atoms with Crippen molar-refractivity contribution in [2.24, 2.45) is 0 Å². The van der Waals surface area contributed by atoms with Crippen LogP contribution in [-0.4, -0.2) is 11.7 Å². The lowest BCUT2D eigenvalue weighted by atomic mass is 10.0. The highest BCUT2D eigenvalue weighted by molar-refractivity contribution is 6.15. The van der Waals surface area contributed by atoms with Gasteiger partial charge in [0.15, 0.2) is 5.78 Å². The summed E-state index contributed by atoms with van der Waals surface area (Å²) in [5, 5.41) is 2.68. The molecule has 3 aromatic rings. The number of rotatable bonds is 4. The summed E-state index contributed by atoms with van der Waals surface area (Å²) >= 11 is 0. The lowest BCUT2D eigenvalue weighted by Crippen LogP contribution is -2.15. The van der Waals surface area contributed by atoms with Crippen LogP contribution >= 0.6 is 0 Å². The summed E-state index contributed by atoms with van der Waals surface area (Å²) in [5.74, 6) is -0.654. The summed E-state index contributed by atoms with van der Waals surface area (Å²) in [6.45, 7) is 0. The molecule has 2 aromatic carbocycles. The first-order chi connectivity index (χ1) is 11.6. The Morgan fingerprint density at radius 1 is 0.792 bits per heavy atom. The molecule has 0 atom stereocenters. The van der Waals surface area contributed by atoms with Gasteiger partial charge in [-0.1, -0.05) is 42.5 Å². The maximum Gasteiger partial charge on any atom is 0.335 e. The Morgan fingerprint density at radius 2 is 1.50 bits per heavy atom. The molecule has 118 valence electrons. The van der Waals surface area contributed by atoms with E-state index in [9.17, 15) is 14.4 Å². The van der Waals surface area contributed by atoms with Crippen LogP contribution in [0.5, 0.6) is 0 Å². The van der Waals surface area contributed by atoms with Gasteiger partial charge in [0, 0.05) is 17.2 Å². The number of amides is 1. The number of nitrogens with one attached hydrogen (secondary N) is 1. The van der Waals surface area contributed by atoms with Gasteiger partial charge in [-0.3, -0.25) is 9.59 Å². The van der Waals surface area contributed by atoms with Crippen LogP contribution in [0.25, 0.3) is 0 Å². The number of anilines is 1. The molecule has 0 saturated carbocycles. The molecule has 0 aliphatic heterocycles. The molecular formula is C19H13NO4. The van der Waals surface area contributed by atoms with Gasteiger partial charge in [0.1, 0.15) is 6.26 Å². The smallest absolute Gasteiger partial charge is 0.335 e. The lowest BCUT2D eigenvalue weighted by molar-refractivity contribution is 0.102. The Hall–Kier alpha value is -3.47. The highest BCUT2D eigenvalue weighted by Gasteiger charge is 2.15. The molecule has 3 rings (SSSR count). The fourth-order valence-electron chi connectivity index (χ4n) is 2.22. The van der Waals surface area contributed by atoms with Crippen molar-refractivity contribution in [3.63, 3.8) is 0 Å². The fraction of sp³-hybridized carbons (Fsp3) is 0. The minimum absolute atomic E-state index is 0.189. The molecule has 1 N–H and O–H groups in total. The molecule has 0 unspecified atom stereocenters. The zero-order valence-corrected chi connectivity index (χ0v) is 12.6. The summed E-state index contributed by atoms with van der Waals surface area (Å²) in [6, 6.07) is 18.1. The first-order valence-corrected chi connectivity index (χ1v) is 7.24. The van der Waals surface area contributed by atoms with Crippen molar-refractivity contribution in [2.75, 3.05) is 5.32 Å². The number of para-hydroxylation sites is 1. The van der Waals surface area contributed by atoms with Gasteiger partial charge in [0.05, 0.1) is 11.3 Å². The summed E-state index contributed by atoms with van der Waals surface area (Å²) in [7, 11) is 0. The molecule has 0 fully saturated rings. The van der Waals surface area contributed by atoms with E-state index in [2.05, 4.69) is 9.73 Å². The highest BCUT2D eigenvalue weighted by atomic mass is 16.4. The average Bonchev–Trinajstić information content (AvgIpc) is 2.63. The molecule has 5 heteroatoms. The first kappa shape index (κ1) is 15.4. The quantitative estimate of drug-likeness (QED) is 0.750. The van der Waals surface area contributed by atoms with Crippen molar-refractivity contribution >= 4 is 17.4 Å². The number of carbonyl (C=O) groups excluding carboxylic acids is 2. The SMILES string of the molecule is O=C(Nc1ccccc1C(=O)c1ccccc1)c1ccc(=O)oc1. The van der Waals surface area contributed by atoms with E-state index in [1.165, 1.54) is 6.07 Å². The van der Waals surface area contributed by atoms with Gasteiger partial charge in [-0.15, -0.1) is 0 Å². The maximum absolute atomic E-state index is 12.6. The normalized spacial score (nSPS) is 10.2. The third kappa shape index (κ3) is 3.30. The minimum Gasteiger partial charge on any atom is -0.430 e. The van der Waals surface area contributed by atoms with Crippen LogP contribution in [0.3, 0.4) is 0 Å². The molecule has 0 aliphatic carbocycles. The van der Waals surface area contributed by atoms with Crippen LogP contribution < -0.4 is 10.9 Å². The van der Waals surface area contributed by atoms with Crippen LogP contribution in [0.1, 0.15) is 26.3 Å². The summed E-state index contributed by atoms with van der Waals surface area (Å²) in [5.41, 5.74) is 0.963. The minimum atomic E-state index is -0.536. The van der Waals surface area contributed by atoms with E-state index >= 15 is 0 Å². The molecule has 1 aromatic heterocycles. The first-order valence-electron chi connectivity index (χ1n) is 7.24. The van der Waals surface area contributed by atoms with Crippen LogP contribution in [-0.2, 0) is 0 Å². The number of carbonyl (C=O) groups is 2. The number of hydrogen-bond acceptors (Lipinski definition) is 4. The largest absolute Gasteiger partial charge is 0.430 e. The molecule has 0 spiro atoms. The van der Waals surface area contributed by atoms with Gasteiger partial charge in [-0.2, -0.15) is 0 Å². The maximum atomic E-state index is 12.6. The van der Waals surface area contributed by atoms with E-state index in [4.69, 9.17) is 0 Å². The monoisotopic (exact) mass is 319 g/mol. The zero-order chi connectivity index (χ0) is 16.9. The second-order valence-corrected chi connectivity index (χ2v) is 5.04. The van der Waals surface area contributed by atoms with E-state index in [0.29, 0.717) is 16.8 Å². The van der Waals surface area contributed by atoms with Crippen molar-refractivity contribution in [2.45, 2.75) is 0 Å². The van der Waals surface area contributed by atoms with Gasteiger partial charge in [0.25, 0.3) is 5.91 Å². The topological polar surface area (TPSA) is 76.4 Å². The molecule has 1 heterocycles. The van der Waals surface area contributed by atoms with Gasteiger partial charge in [-0.05, 0) is 18.2 Å². The number of hydrogen-bond donors (Lipinski definition) is 1. The van der Waals surface area contributed by atoms with Gasteiger partial charge in [-0.25, -0.2) is 4.79 Å². The van der Waals surface area contributed by atoms with Crippen LogP contribution in [0.2, 0.25) is 0 Å². The van der Waals surface area contributed by atoms with E-state index in [1.54, 1.807) is 48.5 Å². The molecule has 0 bridgehead atoms. The van der Waals surface area contributed by atoms with E-state index < -0.39 is 11.5 Å². The zero-order valence-electron chi connectivity index (χ0n) is 12.6. The van der Waals surface area contributed by atoms with E-state index in [1.807, 2.05) is 6.07 Å². The van der Waals surface area contributed by atoms with Gasteiger partial charge >= 0.3 is 5.63 Å². The fourth-order valence-corrected chi connectivity index (χ4v) is 2.22. The van der Waals surface area contributed by atoms with Gasteiger partial charge in [0.2, 0.25) is 0 Å². The molecule has 1 amide bonds. The number of benzene rings is 2. The third-order valence-corrected chi connectivity index (χ3v) is 3.42. The number of ketones is 1. The Balaban J connectivity index is 1.89. The van der Waals surface area contributed by atoms with Crippen LogP contribution in [0, 0.1) is 0 Å². The highest BCUT2D eigenvalue weighted by Crippen LogP contribution is 2.20. The summed E-state index contributed by atoms with van der Waals surface area (Å²) in [6.07, 6.45) is 1.08. The Bertz CT molecular complexity index is 924. The Morgan fingerprint density at radius 3 is 2.21 bits per heavy atom. The second kappa shape index (κ2) is 6.75. The third-order valence-electron chi connectivity index (χ3n) is 3.42. The van der Waals surface area contributed by atoms with Crippen molar-refractivity contribution in [3.05, 3.63) is 100 Å². The lowest BCUT2D eigenvalue weighted by Gasteiger charge is -2.10. The standard InChI is InChI=1S/C19H13NO4/c21-17-11-10-14(12-24-17)19(23)20-16-9-5-4-8-15(16)18(22)13-6-2-1-3-7-13/h1-12H,(H,20,23). The van der Waals surface area contributed by atoms with Crippen molar-refractivity contribution < 1.29 is 14.0 Å². The van der Waals surface area contributed by atoms with Crippen LogP contribution in [0.4, 0.5) is 5.69 Å². The molecule has 0 aliphatic rings. The molecule has 24 heavy (non-hydrogen) atoms. The van der Waals surface area contributed by atoms with Crippen molar-refractivity contribution in [3.8, 4) is 0 Å². The summed E-state index contributed by atoms with van der Waals surface area (Å²) < 4.78 is 4.68. The molecule has 0 radical (unpaired) electrons. The van der Waals surface area contributed by atoms with Gasteiger partial charge < -0.3 is 9.73 Å². The molecule has 0 saturated heterocycles. The average molecular weight is 319 g/mol. The van der Waals surface area contributed by atoms with E-state index in [-0.39, 0.29) is 11.3 Å². The van der Waals surface area contributed by atoms with Crippen LogP contribution in [0.15, 0.2) is 82.2 Å². The van der Waals surface area contributed by atoms with Crippen molar-refractivity contribution in [1.82, 2.24) is 0 Å². The van der Waals surface area contributed by atoms with E-state index in [0.717, 1.165) is 12.3 Å². The molecule has 5 nitrogen and oxygen atoms in total.